The van der Waals surface area contributed by atoms with Crippen LogP contribution in [0.1, 0.15) is 18.0 Å². The van der Waals surface area contributed by atoms with Crippen molar-refractivity contribution >= 4 is 12.4 Å². The van der Waals surface area contributed by atoms with Crippen LogP contribution in [-0.2, 0) is 0 Å². The molecule has 1 atom stereocenters. The maximum atomic E-state index is 5.99. The molecular formula is C11H19ClN2O2. The Hall–Kier alpha value is -0.970. The summed E-state index contributed by atoms with van der Waals surface area (Å²) in [5.74, 6) is 1.39. The van der Waals surface area contributed by atoms with Crippen LogP contribution in [-0.4, -0.2) is 20.8 Å². The predicted octanol–water partition coefficient (Wildman–Crippen LogP) is 1.47. The number of methoxy groups -OCH3 is 2. The Labute approximate surface area is 102 Å². The molecule has 16 heavy (non-hydrogen) atoms. The van der Waals surface area contributed by atoms with Gasteiger partial charge in [-0.3, -0.25) is 0 Å². The third kappa shape index (κ3) is 3.27. The Morgan fingerprint density at radius 3 is 2.44 bits per heavy atom. The average molecular weight is 247 g/mol. The van der Waals surface area contributed by atoms with E-state index in [9.17, 15) is 0 Å². The zero-order valence-corrected chi connectivity index (χ0v) is 10.4. The van der Waals surface area contributed by atoms with E-state index in [2.05, 4.69) is 0 Å². The van der Waals surface area contributed by atoms with Gasteiger partial charge in [-0.05, 0) is 19.0 Å². The molecule has 0 amide bonds. The summed E-state index contributed by atoms with van der Waals surface area (Å²) in [5.41, 5.74) is 12.4. The number of ether oxygens (including phenoxy) is 2. The lowest BCUT2D eigenvalue weighted by Gasteiger charge is -2.17. The van der Waals surface area contributed by atoms with Gasteiger partial charge in [0.25, 0.3) is 0 Å². The second-order valence-corrected chi connectivity index (χ2v) is 3.27. The van der Waals surface area contributed by atoms with E-state index in [0.717, 1.165) is 12.0 Å². The molecule has 0 unspecified atom stereocenters. The van der Waals surface area contributed by atoms with E-state index >= 15 is 0 Å². The van der Waals surface area contributed by atoms with Crippen molar-refractivity contribution in [2.75, 3.05) is 20.8 Å². The number of benzene rings is 1. The van der Waals surface area contributed by atoms with Crippen molar-refractivity contribution in [3.63, 3.8) is 0 Å². The van der Waals surface area contributed by atoms with Gasteiger partial charge in [-0.15, -0.1) is 12.4 Å². The first-order valence-electron chi connectivity index (χ1n) is 4.91. The highest BCUT2D eigenvalue weighted by atomic mass is 35.5. The normalized spacial score (nSPS) is 11.5. The largest absolute Gasteiger partial charge is 0.493 e. The lowest BCUT2D eigenvalue weighted by Crippen LogP contribution is -2.16. The molecule has 1 aromatic rings. The fourth-order valence-electron chi connectivity index (χ4n) is 1.54. The first-order chi connectivity index (χ1) is 7.24. The number of rotatable bonds is 5. The Balaban J connectivity index is 0.00000225. The number of halogens is 1. The molecule has 0 radical (unpaired) electrons. The van der Waals surface area contributed by atoms with Crippen molar-refractivity contribution in [2.45, 2.75) is 12.5 Å². The third-order valence-electron chi connectivity index (χ3n) is 2.31. The molecule has 4 nitrogen and oxygen atoms in total. The molecule has 0 aliphatic rings. The van der Waals surface area contributed by atoms with Crippen molar-refractivity contribution in [3.05, 3.63) is 23.8 Å². The fraction of sp³-hybridized carbons (Fsp3) is 0.455. The molecule has 0 aliphatic carbocycles. The molecule has 0 heterocycles. The second-order valence-electron chi connectivity index (χ2n) is 3.27. The third-order valence-corrected chi connectivity index (χ3v) is 2.31. The number of hydrogen-bond acceptors (Lipinski definition) is 4. The van der Waals surface area contributed by atoms with Crippen LogP contribution in [0.15, 0.2) is 18.2 Å². The quantitative estimate of drug-likeness (QED) is 0.826. The van der Waals surface area contributed by atoms with Crippen LogP contribution < -0.4 is 20.9 Å². The zero-order chi connectivity index (χ0) is 11.3. The highest BCUT2D eigenvalue weighted by Gasteiger charge is 2.14. The summed E-state index contributed by atoms with van der Waals surface area (Å²) < 4.78 is 10.5. The van der Waals surface area contributed by atoms with Gasteiger partial charge in [-0.1, -0.05) is 12.1 Å². The van der Waals surface area contributed by atoms with Gasteiger partial charge < -0.3 is 20.9 Å². The minimum Gasteiger partial charge on any atom is -0.493 e. The summed E-state index contributed by atoms with van der Waals surface area (Å²) in [6.07, 6.45) is 0.726. The molecule has 0 aliphatic heterocycles. The van der Waals surface area contributed by atoms with Crippen LogP contribution in [0.3, 0.4) is 0 Å². The number of para-hydroxylation sites is 1. The topological polar surface area (TPSA) is 70.5 Å². The molecule has 1 aromatic carbocycles. The van der Waals surface area contributed by atoms with E-state index in [-0.39, 0.29) is 18.4 Å². The van der Waals surface area contributed by atoms with E-state index in [4.69, 9.17) is 20.9 Å². The van der Waals surface area contributed by atoms with Gasteiger partial charge >= 0.3 is 0 Å². The molecule has 4 N–H and O–H groups in total. The lowest BCUT2D eigenvalue weighted by atomic mass is 10.0. The van der Waals surface area contributed by atoms with Crippen LogP contribution in [0.2, 0.25) is 0 Å². The minimum atomic E-state index is -0.111. The smallest absolute Gasteiger partial charge is 0.165 e. The molecule has 0 saturated carbocycles. The Bertz CT molecular complexity index is 321. The average Bonchev–Trinajstić information content (AvgIpc) is 2.28. The van der Waals surface area contributed by atoms with Gasteiger partial charge in [0.15, 0.2) is 11.5 Å². The van der Waals surface area contributed by atoms with Gasteiger partial charge in [0.05, 0.1) is 14.2 Å². The number of nitrogens with two attached hydrogens (primary N) is 2. The monoisotopic (exact) mass is 246 g/mol. The summed E-state index contributed by atoms with van der Waals surface area (Å²) in [6, 6.07) is 5.56. The van der Waals surface area contributed by atoms with Gasteiger partial charge in [-0.2, -0.15) is 0 Å². The molecule has 0 fully saturated rings. The standard InChI is InChI=1S/C11H18N2O2.ClH/c1-14-10-5-3-4-8(11(10)15-2)9(13)6-7-12;/h3-5,9H,6-7,12-13H2,1-2H3;1H/t9-;/m1./s1. The molecule has 1 rings (SSSR count). The fourth-order valence-corrected chi connectivity index (χ4v) is 1.54. The van der Waals surface area contributed by atoms with Gasteiger partial charge in [-0.25, -0.2) is 0 Å². The Morgan fingerprint density at radius 1 is 1.25 bits per heavy atom. The maximum absolute atomic E-state index is 5.99. The summed E-state index contributed by atoms with van der Waals surface area (Å²) in [5, 5.41) is 0. The molecule has 0 aromatic heterocycles. The van der Waals surface area contributed by atoms with Crippen LogP contribution in [0.25, 0.3) is 0 Å². The predicted molar refractivity (Wildman–Crippen MR) is 67.4 cm³/mol. The van der Waals surface area contributed by atoms with Crippen LogP contribution >= 0.6 is 12.4 Å². The number of hydrogen-bond donors (Lipinski definition) is 2. The van der Waals surface area contributed by atoms with E-state index in [0.29, 0.717) is 18.0 Å². The van der Waals surface area contributed by atoms with Crippen molar-refractivity contribution < 1.29 is 9.47 Å². The van der Waals surface area contributed by atoms with E-state index in [1.54, 1.807) is 14.2 Å². The van der Waals surface area contributed by atoms with Crippen molar-refractivity contribution in [3.8, 4) is 11.5 Å². The lowest BCUT2D eigenvalue weighted by molar-refractivity contribution is 0.349. The second kappa shape index (κ2) is 7.33. The summed E-state index contributed by atoms with van der Waals surface area (Å²) >= 11 is 0. The van der Waals surface area contributed by atoms with Crippen molar-refractivity contribution in [1.82, 2.24) is 0 Å². The molecule has 0 spiro atoms. The van der Waals surface area contributed by atoms with Crippen LogP contribution in [0, 0.1) is 0 Å². The van der Waals surface area contributed by atoms with Crippen molar-refractivity contribution in [1.29, 1.82) is 0 Å². The van der Waals surface area contributed by atoms with Gasteiger partial charge in [0.2, 0.25) is 0 Å². The van der Waals surface area contributed by atoms with E-state index in [1.807, 2.05) is 18.2 Å². The maximum Gasteiger partial charge on any atom is 0.165 e. The first kappa shape index (κ1) is 15.0. The summed E-state index contributed by atoms with van der Waals surface area (Å²) in [4.78, 5) is 0. The SMILES string of the molecule is COc1cccc([C@H](N)CCN)c1OC.Cl. The van der Waals surface area contributed by atoms with Gasteiger partial charge in [0, 0.05) is 11.6 Å². The molecular weight excluding hydrogens is 228 g/mol. The molecule has 0 saturated heterocycles. The van der Waals surface area contributed by atoms with E-state index in [1.165, 1.54) is 0 Å². The summed E-state index contributed by atoms with van der Waals surface area (Å²) in [6.45, 7) is 0.557. The zero-order valence-electron chi connectivity index (χ0n) is 9.60. The highest BCUT2D eigenvalue weighted by Crippen LogP contribution is 2.34. The van der Waals surface area contributed by atoms with Crippen molar-refractivity contribution in [2.24, 2.45) is 11.5 Å². The van der Waals surface area contributed by atoms with Gasteiger partial charge in [0.1, 0.15) is 0 Å². The molecule has 5 heteroatoms. The Kier molecular flexibility index (Phi) is 6.88. The Morgan fingerprint density at radius 2 is 1.94 bits per heavy atom. The van der Waals surface area contributed by atoms with E-state index < -0.39 is 0 Å². The van der Waals surface area contributed by atoms with Crippen LogP contribution in [0.4, 0.5) is 0 Å². The van der Waals surface area contributed by atoms with Crippen LogP contribution in [0.5, 0.6) is 11.5 Å². The minimum absolute atomic E-state index is 0. The highest BCUT2D eigenvalue weighted by molar-refractivity contribution is 5.85. The first-order valence-corrected chi connectivity index (χ1v) is 4.91. The summed E-state index contributed by atoms with van der Waals surface area (Å²) in [7, 11) is 3.21. The molecule has 92 valence electrons. The molecule has 0 bridgehead atoms.